The number of hydrogen-bond donors (Lipinski definition) is 1. The Hall–Kier alpha value is -4.44. The zero-order valence-electron chi connectivity index (χ0n) is 30.6. The topological polar surface area (TPSA) is 73.9 Å². The molecule has 1 saturated carbocycles. The molecule has 2 atom stereocenters. The van der Waals surface area contributed by atoms with Crippen molar-refractivity contribution in [1.29, 1.82) is 0 Å². The smallest absolute Gasteiger partial charge is 0.204 e. The molecule has 5 aliphatic rings. The van der Waals surface area contributed by atoms with E-state index in [0.717, 1.165) is 67.0 Å². The average molecular weight is 692 g/mol. The molecule has 9 heteroatoms. The van der Waals surface area contributed by atoms with Crippen molar-refractivity contribution in [3.8, 4) is 46.0 Å². The molecule has 0 radical (unpaired) electrons. The second-order valence-electron chi connectivity index (χ2n) is 14.4. The molecule has 4 aliphatic heterocycles. The molecule has 1 aliphatic carbocycles. The molecule has 268 valence electrons. The molecule has 0 saturated heterocycles. The van der Waals surface area contributed by atoms with Gasteiger partial charge in [0, 0.05) is 48.9 Å². The minimum Gasteiger partial charge on any atom is -0.493 e. The minimum atomic E-state index is -0.0230. The van der Waals surface area contributed by atoms with Gasteiger partial charge in [0.05, 0.1) is 28.4 Å². The van der Waals surface area contributed by atoms with E-state index in [1.54, 1.807) is 28.4 Å². The first kappa shape index (κ1) is 33.7. The van der Waals surface area contributed by atoms with Gasteiger partial charge in [-0.15, -0.1) is 0 Å². The van der Waals surface area contributed by atoms with E-state index < -0.39 is 0 Å². The number of fused-ring (bicyclic) bond motifs is 2. The lowest BCUT2D eigenvalue weighted by molar-refractivity contribution is 0.219. The predicted octanol–water partition coefficient (Wildman–Crippen LogP) is 7.41. The number of nitrogens with one attached hydrogen (secondary N) is 1. The van der Waals surface area contributed by atoms with Crippen LogP contribution in [0.15, 0.2) is 54.6 Å². The molecular weight excluding hydrogens is 642 g/mol. The highest BCUT2D eigenvalue weighted by atomic mass is 16.5. The van der Waals surface area contributed by atoms with Crippen LogP contribution in [0.25, 0.3) is 0 Å². The Morgan fingerprint density at radius 1 is 0.706 bits per heavy atom. The third kappa shape index (κ3) is 6.36. The number of hydrogen-bond acceptors (Lipinski definition) is 9. The molecule has 0 spiro atoms. The van der Waals surface area contributed by atoms with Gasteiger partial charge in [-0.3, -0.25) is 9.80 Å². The highest BCUT2D eigenvalue weighted by Gasteiger charge is 2.37. The molecule has 6 bridgehead atoms. The lowest BCUT2D eigenvalue weighted by Gasteiger charge is -2.38. The molecule has 4 heterocycles. The van der Waals surface area contributed by atoms with Crippen LogP contribution in [-0.2, 0) is 32.2 Å². The zero-order valence-corrected chi connectivity index (χ0v) is 30.6. The van der Waals surface area contributed by atoms with Crippen molar-refractivity contribution in [3.05, 3.63) is 93.5 Å². The third-order valence-corrected chi connectivity index (χ3v) is 11.3. The van der Waals surface area contributed by atoms with E-state index in [1.807, 2.05) is 6.07 Å². The fourth-order valence-corrected chi connectivity index (χ4v) is 8.23. The summed E-state index contributed by atoms with van der Waals surface area (Å²) in [5, 5.41) is 3.76. The Morgan fingerprint density at radius 2 is 1.39 bits per heavy atom. The van der Waals surface area contributed by atoms with Gasteiger partial charge in [-0.2, -0.15) is 0 Å². The van der Waals surface area contributed by atoms with Crippen molar-refractivity contribution in [3.63, 3.8) is 0 Å². The van der Waals surface area contributed by atoms with E-state index in [9.17, 15) is 0 Å². The van der Waals surface area contributed by atoms with Crippen molar-refractivity contribution < 1.29 is 28.4 Å². The predicted molar refractivity (Wildman–Crippen MR) is 198 cm³/mol. The van der Waals surface area contributed by atoms with Gasteiger partial charge in [0.2, 0.25) is 5.75 Å². The van der Waals surface area contributed by atoms with E-state index in [4.69, 9.17) is 28.4 Å². The van der Waals surface area contributed by atoms with Gasteiger partial charge >= 0.3 is 0 Å². The molecular formula is C42H49N3O6. The van der Waals surface area contributed by atoms with Crippen molar-refractivity contribution in [1.82, 2.24) is 15.1 Å². The molecule has 9 rings (SSSR count). The van der Waals surface area contributed by atoms with Crippen LogP contribution in [0, 0.1) is 0 Å². The molecule has 0 aromatic heterocycles. The Bertz CT molecular complexity index is 1920. The number of ether oxygens (including phenoxy) is 6. The summed E-state index contributed by atoms with van der Waals surface area (Å²) in [5.41, 5.74) is 8.42. The molecule has 51 heavy (non-hydrogen) atoms. The fraction of sp³-hybridized carbons (Fsp3) is 0.429. The van der Waals surface area contributed by atoms with E-state index >= 15 is 0 Å². The van der Waals surface area contributed by atoms with Gasteiger partial charge < -0.3 is 33.7 Å². The first-order valence-electron chi connectivity index (χ1n) is 18.1. The minimum absolute atomic E-state index is 0.0230. The summed E-state index contributed by atoms with van der Waals surface area (Å²) in [6.07, 6.45) is 5.77. The number of likely N-dealkylation sites (N-methyl/N-ethyl adjacent to an activating group) is 2. The van der Waals surface area contributed by atoms with Crippen LogP contribution in [0.2, 0.25) is 0 Å². The fourth-order valence-electron chi connectivity index (χ4n) is 8.23. The second-order valence-corrected chi connectivity index (χ2v) is 14.4. The first-order valence-corrected chi connectivity index (χ1v) is 18.1. The Morgan fingerprint density at radius 3 is 2.12 bits per heavy atom. The van der Waals surface area contributed by atoms with E-state index in [1.165, 1.54) is 35.1 Å². The quantitative estimate of drug-likeness (QED) is 0.213. The van der Waals surface area contributed by atoms with Crippen LogP contribution in [0.4, 0.5) is 0 Å². The monoisotopic (exact) mass is 691 g/mol. The maximum Gasteiger partial charge on any atom is 0.204 e. The number of benzene rings is 4. The summed E-state index contributed by atoms with van der Waals surface area (Å²) in [6, 6.07) is 19.8. The van der Waals surface area contributed by atoms with Gasteiger partial charge in [-0.1, -0.05) is 18.2 Å². The van der Waals surface area contributed by atoms with Crippen LogP contribution >= 0.6 is 0 Å². The summed E-state index contributed by atoms with van der Waals surface area (Å²) >= 11 is 0. The first-order chi connectivity index (χ1) is 24.9. The molecule has 0 amide bonds. The highest BCUT2D eigenvalue weighted by molar-refractivity contribution is 5.67. The molecule has 1 N–H and O–H groups in total. The molecule has 9 nitrogen and oxygen atoms in total. The summed E-state index contributed by atoms with van der Waals surface area (Å²) in [6.45, 7) is 2.56. The SMILES string of the molecule is COc1ccc2cc1Oc1ccc(cc1)CC1c3cc(c(OC)cc3CCN1C)Oc1c(OC)c(OC)c(CNC3CC3)c3c1C(C2)N(C)CC3. The summed E-state index contributed by atoms with van der Waals surface area (Å²) in [7, 11) is 11.3. The molecule has 4 aromatic carbocycles. The van der Waals surface area contributed by atoms with Gasteiger partial charge in [-0.05, 0) is 117 Å². The van der Waals surface area contributed by atoms with Crippen LogP contribution in [0.5, 0.6) is 46.0 Å². The molecule has 1 fully saturated rings. The van der Waals surface area contributed by atoms with Gasteiger partial charge in [0.15, 0.2) is 34.5 Å². The standard InChI is InChI=1S/C42H49N3O6/c1-44-17-15-27-22-36(47-4)38-23-31(27)33(44)19-25-7-12-29(13-8-25)50-37-21-26(9-14-35(37)46-3)20-34-39-30(16-18-45(34)2)32(24-43-28-10-11-28)40(48-5)42(49-6)41(39)51-38/h7-9,12-14,21-23,28,33-34,43H,10-11,15-20,24H2,1-6H3. The maximum atomic E-state index is 7.20. The van der Waals surface area contributed by atoms with Crippen LogP contribution in [-0.4, -0.2) is 71.5 Å². The van der Waals surface area contributed by atoms with Crippen LogP contribution in [0.1, 0.15) is 63.9 Å². The Labute approximate surface area is 301 Å². The van der Waals surface area contributed by atoms with E-state index in [-0.39, 0.29) is 12.1 Å². The van der Waals surface area contributed by atoms with Crippen molar-refractivity contribution in [2.24, 2.45) is 0 Å². The van der Waals surface area contributed by atoms with Crippen molar-refractivity contribution >= 4 is 0 Å². The van der Waals surface area contributed by atoms with Crippen LogP contribution < -0.4 is 33.7 Å². The maximum absolute atomic E-state index is 7.20. The normalized spacial score (nSPS) is 20.0. The highest BCUT2D eigenvalue weighted by Crippen LogP contribution is 2.54. The molecule has 4 aromatic rings. The largest absolute Gasteiger partial charge is 0.493 e. The van der Waals surface area contributed by atoms with E-state index in [2.05, 4.69) is 77.7 Å². The zero-order chi connectivity index (χ0) is 35.2. The average Bonchev–Trinajstić information content (AvgIpc) is 3.98. The number of rotatable bonds is 7. The van der Waals surface area contributed by atoms with E-state index in [0.29, 0.717) is 47.1 Å². The number of methoxy groups -OCH3 is 4. The Kier molecular flexibility index (Phi) is 9.21. The lowest BCUT2D eigenvalue weighted by Crippen LogP contribution is -2.35. The summed E-state index contributed by atoms with van der Waals surface area (Å²) in [4.78, 5) is 4.87. The summed E-state index contributed by atoms with van der Waals surface area (Å²) < 4.78 is 38.1. The number of nitrogens with zero attached hydrogens (tertiary/aromatic N) is 2. The lowest BCUT2D eigenvalue weighted by atomic mass is 9.84. The van der Waals surface area contributed by atoms with Crippen molar-refractivity contribution in [2.75, 3.05) is 55.6 Å². The van der Waals surface area contributed by atoms with Gasteiger partial charge in [-0.25, -0.2) is 0 Å². The molecule has 2 unspecified atom stereocenters. The summed E-state index contributed by atoms with van der Waals surface area (Å²) in [5.74, 6) is 5.55. The van der Waals surface area contributed by atoms with Gasteiger partial charge in [0.1, 0.15) is 5.75 Å². The van der Waals surface area contributed by atoms with Crippen molar-refractivity contribution in [2.45, 2.75) is 63.2 Å². The second kappa shape index (κ2) is 13.9. The Balaban J connectivity index is 1.37. The third-order valence-electron chi connectivity index (χ3n) is 11.3. The van der Waals surface area contributed by atoms with Crippen LogP contribution in [0.3, 0.4) is 0 Å². The van der Waals surface area contributed by atoms with Gasteiger partial charge in [0.25, 0.3) is 0 Å².